The van der Waals surface area contributed by atoms with Crippen LogP contribution >= 0.6 is 0 Å². The Bertz CT molecular complexity index is 487. The van der Waals surface area contributed by atoms with E-state index >= 15 is 0 Å². The summed E-state index contributed by atoms with van der Waals surface area (Å²) >= 11 is 0. The lowest BCUT2D eigenvalue weighted by atomic mass is 10.0. The molecule has 1 aliphatic rings. The Morgan fingerprint density at radius 2 is 2.12 bits per heavy atom. The Morgan fingerprint density at radius 1 is 1.31 bits per heavy atom. The van der Waals surface area contributed by atoms with E-state index < -0.39 is 0 Å². The molecule has 1 unspecified atom stereocenters. The van der Waals surface area contributed by atoms with E-state index in [0.29, 0.717) is 5.92 Å². The predicted molar refractivity (Wildman–Crippen MR) is 63.1 cm³/mol. The van der Waals surface area contributed by atoms with E-state index in [0.717, 1.165) is 17.8 Å². The lowest BCUT2D eigenvalue weighted by Gasteiger charge is -2.19. The van der Waals surface area contributed by atoms with Crippen LogP contribution in [0.4, 0.5) is 0 Å². The van der Waals surface area contributed by atoms with E-state index in [1.54, 1.807) is 0 Å². The molecule has 0 bridgehead atoms. The monoisotopic (exact) mass is 213 g/mol. The molecule has 0 spiro atoms. The maximum Gasteiger partial charge on any atom is 0.112 e. The van der Waals surface area contributed by atoms with Crippen LogP contribution in [0.2, 0.25) is 0 Å². The summed E-state index contributed by atoms with van der Waals surface area (Å²) in [6, 6.07) is 4.03. The van der Waals surface area contributed by atoms with Gasteiger partial charge in [0.1, 0.15) is 5.82 Å². The zero-order valence-electron chi connectivity index (χ0n) is 9.43. The Balaban J connectivity index is 2.05. The minimum atomic E-state index is 0.587. The lowest BCUT2D eigenvalue weighted by Crippen LogP contribution is -2.12. The SMILES string of the molecule is CC1CCCn2cc(-c3ccncc3)nc21. The molecule has 3 heterocycles. The molecule has 0 amide bonds. The second-order valence-corrected chi connectivity index (χ2v) is 4.46. The quantitative estimate of drug-likeness (QED) is 0.729. The molecule has 0 saturated carbocycles. The number of hydrogen-bond acceptors (Lipinski definition) is 2. The first-order valence-corrected chi connectivity index (χ1v) is 5.82. The highest BCUT2D eigenvalue weighted by Crippen LogP contribution is 2.28. The van der Waals surface area contributed by atoms with Crippen LogP contribution in [0.1, 0.15) is 31.5 Å². The van der Waals surface area contributed by atoms with Gasteiger partial charge >= 0.3 is 0 Å². The molecular weight excluding hydrogens is 198 g/mol. The van der Waals surface area contributed by atoms with Gasteiger partial charge in [0.15, 0.2) is 0 Å². The van der Waals surface area contributed by atoms with Gasteiger partial charge in [-0.1, -0.05) is 6.92 Å². The maximum absolute atomic E-state index is 4.74. The summed E-state index contributed by atoms with van der Waals surface area (Å²) in [7, 11) is 0. The Morgan fingerprint density at radius 3 is 2.88 bits per heavy atom. The number of imidazole rings is 1. The molecule has 2 aromatic heterocycles. The van der Waals surface area contributed by atoms with Crippen molar-refractivity contribution >= 4 is 0 Å². The first-order valence-electron chi connectivity index (χ1n) is 5.82. The summed E-state index contributed by atoms with van der Waals surface area (Å²) in [6.45, 7) is 3.37. The van der Waals surface area contributed by atoms with Gasteiger partial charge in [-0.15, -0.1) is 0 Å². The van der Waals surface area contributed by atoms with Gasteiger partial charge in [-0.2, -0.15) is 0 Å². The first-order chi connectivity index (χ1) is 7.84. The molecule has 1 aliphatic heterocycles. The highest BCUT2D eigenvalue weighted by Gasteiger charge is 2.19. The van der Waals surface area contributed by atoms with Gasteiger partial charge in [0.2, 0.25) is 0 Å². The molecule has 0 fully saturated rings. The molecule has 0 saturated heterocycles. The van der Waals surface area contributed by atoms with Crippen LogP contribution in [0, 0.1) is 0 Å². The van der Waals surface area contributed by atoms with Crippen molar-refractivity contribution in [2.75, 3.05) is 0 Å². The van der Waals surface area contributed by atoms with Crippen molar-refractivity contribution < 1.29 is 0 Å². The number of rotatable bonds is 1. The van der Waals surface area contributed by atoms with Gasteiger partial charge in [-0.05, 0) is 25.0 Å². The number of pyridine rings is 1. The minimum Gasteiger partial charge on any atom is -0.334 e. The molecule has 3 heteroatoms. The minimum absolute atomic E-state index is 0.587. The third kappa shape index (κ3) is 1.52. The van der Waals surface area contributed by atoms with Crippen LogP contribution in [0.3, 0.4) is 0 Å². The van der Waals surface area contributed by atoms with Crippen LogP contribution in [-0.2, 0) is 6.54 Å². The van der Waals surface area contributed by atoms with Gasteiger partial charge in [0.05, 0.1) is 5.69 Å². The smallest absolute Gasteiger partial charge is 0.112 e. The molecule has 0 aromatic carbocycles. The van der Waals surface area contributed by atoms with Crippen molar-refractivity contribution in [2.24, 2.45) is 0 Å². The fraction of sp³-hybridized carbons (Fsp3) is 0.385. The fourth-order valence-electron chi connectivity index (χ4n) is 2.36. The number of nitrogens with zero attached hydrogens (tertiary/aromatic N) is 3. The second-order valence-electron chi connectivity index (χ2n) is 4.46. The summed E-state index contributed by atoms with van der Waals surface area (Å²) in [6.07, 6.45) is 8.32. The molecule has 82 valence electrons. The number of fused-ring (bicyclic) bond motifs is 1. The maximum atomic E-state index is 4.74. The van der Waals surface area contributed by atoms with Gasteiger partial charge in [0, 0.05) is 36.6 Å². The number of hydrogen-bond donors (Lipinski definition) is 0. The molecule has 0 radical (unpaired) electrons. The summed E-state index contributed by atoms with van der Waals surface area (Å²) in [5.41, 5.74) is 2.23. The zero-order chi connectivity index (χ0) is 11.0. The molecule has 2 aromatic rings. The number of aromatic nitrogens is 3. The molecule has 0 N–H and O–H groups in total. The van der Waals surface area contributed by atoms with Crippen LogP contribution in [0.5, 0.6) is 0 Å². The second kappa shape index (κ2) is 3.74. The van der Waals surface area contributed by atoms with E-state index in [-0.39, 0.29) is 0 Å². The van der Waals surface area contributed by atoms with Crippen molar-refractivity contribution in [3.8, 4) is 11.3 Å². The topological polar surface area (TPSA) is 30.7 Å². The first kappa shape index (κ1) is 9.58. The van der Waals surface area contributed by atoms with Gasteiger partial charge in [-0.3, -0.25) is 4.98 Å². The van der Waals surface area contributed by atoms with Crippen LogP contribution < -0.4 is 0 Å². The third-order valence-corrected chi connectivity index (χ3v) is 3.26. The predicted octanol–water partition coefficient (Wildman–Crippen LogP) is 2.84. The molecule has 16 heavy (non-hydrogen) atoms. The normalized spacial score (nSPS) is 19.4. The number of aryl methyl sites for hydroxylation is 1. The molecular formula is C13H15N3. The van der Waals surface area contributed by atoms with E-state index in [9.17, 15) is 0 Å². The average molecular weight is 213 g/mol. The van der Waals surface area contributed by atoms with Crippen molar-refractivity contribution in [3.05, 3.63) is 36.5 Å². The van der Waals surface area contributed by atoms with Crippen molar-refractivity contribution in [1.82, 2.24) is 14.5 Å². The fourth-order valence-corrected chi connectivity index (χ4v) is 2.36. The highest BCUT2D eigenvalue weighted by atomic mass is 15.1. The Labute approximate surface area is 95.2 Å². The van der Waals surface area contributed by atoms with E-state index in [2.05, 4.69) is 22.7 Å². The van der Waals surface area contributed by atoms with Crippen LogP contribution in [0.15, 0.2) is 30.7 Å². The van der Waals surface area contributed by atoms with Crippen molar-refractivity contribution in [1.29, 1.82) is 0 Å². The zero-order valence-corrected chi connectivity index (χ0v) is 9.43. The van der Waals surface area contributed by atoms with Gasteiger partial charge < -0.3 is 4.57 Å². The summed E-state index contributed by atoms with van der Waals surface area (Å²) in [5, 5.41) is 0. The molecule has 3 rings (SSSR count). The van der Waals surface area contributed by atoms with Crippen LogP contribution in [-0.4, -0.2) is 14.5 Å². The summed E-state index contributed by atoms with van der Waals surface area (Å²) in [5.74, 6) is 1.82. The summed E-state index contributed by atoms with van der Waals surface area (Å²) in [4.78, 5) is 8.77. The molecule has 3 nitrogen and oxygen atoms in total. The average Bonchev–Trinajstić information content (AvgIpc) is 2.76. The van der Waals surface area contributed by atoms with E-state index in [1.165, 1.54) is 18.7 Å². The highest BCUT2D eigenvalue weighted by molar-refractivity contribution is 5.57. The summed E-state index contributed by atoms with van der Waals surface area (Å²) < 4.78 is 2.30. The third-order valence-electron chi connectivity index (χ3n) is 3.26. The largest absolute Gasteiger partial charge is 0.334 e. The van der Waals surface area contributed by atoms with Gasteiger partial charge in [0.25, 0.3) is 0 Å². The van der Waals surface area contributed by atoms with Crippen molar-refractivity contribution in [2.45, 2.75) is 32.2 Å². The van der Waals surface area contributed by atoms with Crippen molar-refractivity contribution in [3.63, 3.8) is 0 Å². The molecule has 0 aliphatic carbocycles. The Kier molecular flexibility index (Phi) is 2.24. The lowest BCUT2D eigenvalue weighted by molar-refractivity contribution is 0.463. The standard InChI is InChI=1S/C13H15N3/c1-10-3-2-8-16-9-12(15-13(10)16)11-4-6-14-7-5-11/h4-7,9-10H,2-3,8H2,1H3. The van der Waals surface area contributed by atoms with E-state index in [4.69, 9.17) is 4.98 Å². The molecule has 1 atom stereocenters. The van der Waals surface area contributed by atoms with E-state index in [1.807, 2.05) is 24.5 Å². The Hall–Kier alpha value is -1.64. The van der Waals surface area contributed by atoms with Gasteiger partial charge in [-0.25, -0.2) is 4.98 Å². The van der Waals surface area contributed by atoms with Crippen LogP contribution in [0.25, 0.3) is 11.3 Å².